The van der Waals surface area contributed by atoms with Crippen molar-refractivity contribution in [3.05, 3.63) is 11.8 Å². The fourth-order valence-corrected chi connectivity index (χ4v) is 1.48. The predicted molar refractivity (Wildman–Crippen MR) is 68.1 cm³/mol. The first-order valence-corrected chi connectivity index (χ1v) is 6.47. The van der Waals surface area contributed by atoms with E-state index in [-0.39, 0.29) is 6.03 Å². The minimum Gasteiger partial charge on any atom is -0.423 e. The molecule has 102 valence electrons. The topological polar surface area (TPSA) is 71.3 Å². The highest BCUT2D eigenvalue weighted by Gasteiger charge is 2.12. The van der Waals surface area contributed by atoms with E-state index >= 15 is 0 Å². The quantitative estimate of drug-likeness (QED) is 0.755. The van der Waals surface area contributed by atoms with Gasteiger partial charge in [0.05, 0.1) is 0 Å². The molecule has 0 spiro atoms. The van der Waals surface area contributed by atoms with Gasteiger partial charge in [-0.05, 0) is 6.42 Å². The maximum Gasteiger partial charge on any atom is 0.317 e. The molecule has 6 nitrogen and oxygen atoms in total. The number of nitrogens with zero attached hydrogens (tertiary/aromatic N) is 3. The maximum atomic E-state index is 11.7. The summed E-state index contributed by atoms with van der Waals surface area (Å²) in [6.45, 7) is 5.13. The van der Waals surface area contributed by atoms with Gasteiger partial charge in [0.15, 0.2) is 0 Å². The van der Waals surface area contributed by atoms with E-state index in [1.54, 1.807) is 11.9 Å². The Morgan fingerprint density at radius 2 is 2.00 bits per heavy atom. The van der Waals surface area contributed by atoms with E-state index in [0.717, 1.165) is 19.3 Å². The number of nitrogens with one attached hydrogen (secondary N) is 1. The molecule has 0 aliphatic rings. The van der Waals surface area contributed by atoms with Crippen molar-refractivity contribution < 1.29 is 9.21 Å². The predicted octanol–water partition coefficient (Wildman–Crippen LogP) is 1.96. The maximum absolute atomic E-state index is 11.7. The minimum atomic E-state index is -0.109. The molecule has 0 bridgehead atoms. The molecule has 1 heterocycles. The highest BCUT2D eigenvalue weighted by molar-refractivity contribution is 5.73. The van der Waals surface area contributed by atoms with Crippen LogP contribution >= 0.6 is 0 Å². The second-order valence-electron chi connectivity index (χ2n) is 4.24. The second kappa shape index (κ2) is 7.68. The van der Waals surface area contributed by atoms with Gasteiger partial charge in [-0.3, -0.25) is 0 Å². The third kappa shape index (κ3) is 4.73. The Labute approximate surface area is 108 Å². The van der Waals surface area contributed by atoms with Crippen LogP contribution in [0.15, 0.2) is 4.42 Å². The first-order valence-electron chi connectivity index (χ1n) is 6.47. The summed E-state index contributed by atoms with van der Waals surface area (Å²) < 4.78 is 5.35. The molecular formula is C12H22N4O2. The van der Waals surface area contributed by atoms with Crippen molar-refractivity contribution in [2.24, 2.45) is 0 Å². The lowest BCUT2D eigenvalue weighted by atomic mass is 10.2. The van der Waals surface area contributed by atoms with E-state index < -0.39 is 0 Å². The standard InChI is InChI=1S/C12H22N4O2/c1-4-6-7-8-13-12(17)16(3)9-11-15-14-10(5-2)18-11/h4-9H2,1-3H3,(H,13,17). The van der Waals surface area contributed by atoms with E-state index in [2.05, 4.69) is 22.4 Å². The summed E-state index contributed by atoms with van der Waals surface area (Å²) in [5, 5.41) is 10.6. The lowest BCUT2D eigenvalue weighted by Crippen LogP contribution is -2.37. The zero-order valence-corrected chi connectivity index (χ0v) is 11.4. The Hall–Kier alpha value is -1.59. The molecule has 0 aliphatic carbocycles. The van der Waals surface area contributed by atoms with Gasteiger partial charge in [-0.25, -0.2) is 4.79 Å². The lowest BCUT2D eigenvalue weighted by Gasteiger charge is -2.15. The van der Waals surface area contributed by atoms with Crippen LogP contribution in [0.25, 0.3) is 0 Å². The highest BCUT2D eigenvalue weighted by Crippen LogP contribution is 2.03. The van der Waals surface area contributed by atoms with Crippen molar-refractivity contribution in [2.45, 2.75) is 46.1 Å². The summed E-state index contributed by atoms with van der Waals surface area (Å²) in [6, 6.07) is -0.109. The molecule has 1 N–H and O–H groups in total. The molecule has 18 heavy (non-hydrogen) atoms. The van der Waals surface area contributed by atoms with Crippen molar-refractivity contribution in [1.82, 2.24) is 20.4 Å². The van der Waals surface area contributed by atoms with E-state index in [0.29, 0.717) is 31.3 Å². The van der Waals surface area contributed by atoms with E-state index in [9.17, 15) is 4.79 Å². The van der Waals surface area contributed by atoms with Crippen LogP contribution in [0.4, 0.5) is 4.79 Å². The number of aromatic nitrogens is 2. The second-order valence-corrected chi connectivity index (χ2v) is 4.24. The van der Waals surface area contributed by atoms with Gasteiger partial charge in [0, 0.05) is 20.0 Å². The van der Waals surface area contributed by atoms with Crippen LogP contribution in [-0.4, -0.2) is 34.7 Å². The van der Waals surface area contributed by atoms with Crippen LogP contribution in [-0.2, 0) is 13.0 Å². The monoisotopic (exact) mass is 254 g/mol. The first kappa shape index (κ1) is 14.5. The SMILES string of the molecule is CCCCCNC(=O)N(C)Cc1nnc(CC)o1. The molecule has 2 amide bonds. The molecular weight excluding hydrogens is 232 g/mol. The Morgan fingerprint density at radius 1 is 1.28 bits per heavy atom. The molecule has 0 fully saturated rings. The molecule has 0 aromatic carbocycles. The Bertz CT molecular complexity index is 365. The number of aryl methyl sites for hydroxylation is 1. The first-order chi connectivity index (χ1) is 8.67. The van der Waals surface area contributed by atoms with Crippen LogP contribution in [0.2, 0.25) is 0 Å². The van der Waals surface area contributed by atoms with Gasteiger partial charge in [0.25, 0.3) is 0 Å². The van der Waals surface area contributed by atoms with Crippen LogP contribution in [0.5, 0.6) is 0 Å². The fraction of sp³-hybridized carbons (Fsp3) is 0.750. The van der Waals surface area contributed by atoms with E-state index in [1.165, 1.54) is 0 Å². The smallest absolute Gasteiger partial charge is 0.317 e. The average molecular weight is 254 g/mol. The minimum absolute atomic E-state index is 0.109. The normalized spacial score (nSPS) is 10.4. The lowest BCUT2D eigenvalue weighted by molar-refractivity contribution is 0.201. The van der Waals surface area contributed by atoms with Crippen molar-refractivity contribution in [3.8, 4) is 0 Å². The van der Waals surface area contributed by atoms with Crippen molar-refractivity contribution >= 4 is 6.03 Å². The summed E-state index contributed by atoms with van der Waals surface area (Å²) in [7, 11) is 1.71. The molecule has 0 saturated carbocycles. The van der Waals surface area contributed by atoms with E-state index in [1.807, 2.05) is 6.92 Å². The van der Waals surface area contributed by atoms with Crippen LogP contribution in [0, 0.1) is 0 Å². The molecule has 6 heteroatoms. The van der Waals surface area contributed by atoms with Crippen molar-refractivity contribution in [2.75, 3.05) is 13.6 Å². The zero-order valence-electron chi connectivity index (χ0n) is 11.4. The van der Waals surface area contributed by atoms with Crippen LogP contribution < -0.4 is 5.32 Å². The number of unbranched alkanes of at least 4 members (excludes halogenated alkanes) is 2. The number of urea groups is 1. The summed E-state index contributed by atoms with van der Waals surface area (Å²) >= 11 is 0. The van der Waals surface area contributed by atoms with Gasteiger partial charge in [0.1, 0.15) is 6.54 Å². The number of carbonyl (C=O) groups is 1. The summed E-state index contributed by atoms with van der Waals surface area (Å²) in [5.41, 5.74) is 0. The van der Waals surface area contributed by atoms with Gasteiger partial charge >= 0.3 is 6.03 Å². The molecule has 0 unspecified atom stereocenters. The van der Waals surface area contributed by atoms with Crippen molar-refractivity contribution in [1.29, 1.82) is 0 Å². The Kier molecular flexibility index (Phi) is 6.18. The highest BCUT2D eigenvalue weighted by atomic mass is 16.4. The van der Waals surface area contributed by atoms with Crippen LogP contribution in [0.3, 0.4) is 0 Å². The average Bonchev–Trinajstić information content (AvgIpc) is 2.82. The largest absolute Gasteiger partial charge is 0.423 e. The fourth-order valence-electron chi connectivity index (χ4n) is 1.48. The van der Waals surface area contributed by atoms with Gasteiger partial charge in [0.2, 0.25) is 11.8 Å². The van der Waals surface area contributed by atoms with E-state index in [4.69, 9.17) is 4.42 Å². The summed E-state index contributed by atoms with van der Waals surface area (Å²) in [6.07, 6.45) is 4.00. The van der Waals surface area contributed by atoms with Gasteiger partial charge in [-0.1, -0.05) is 26.7 Å². The van der Waals surface area contributed by atoms with Crippen LogP contribution in [0.1, 0.15) is 44.9 Å². The zero-order chi connectivity index (χ0) is 13.4. The van der Waals surface area contributed by atoms with Gasteiger partial charge in [-0.2, -0.15) is 0 Å². The van der Waals surface area contributed by atoms with Gasteiger partial charge in [-0.15, -0.1) is 10.2 Å². The number of carbonyl (C=O) groups excluding carboxylic acids is 1. The van der Waals surface area contributed by atoms with Gasteiger partial charge < -0.3 is 14.6 Å². The molecule has 1 aromatic heterocycles. The number of hydrogen-bond acceptors (Lipinski definition) is 4. The number of amides is 2. The molecule has 0 aliphatic heterocycles. The molecule has 1 rings (SSSR count). The Morgan fingerprint density at radius 3 is 2.61 bits per heavy atom. The molecule has 0 radical (unpaired) electrons. The Balaban J connectivity index is 2.30. The molecule has 0 atom stereocenters. The third-order valence-electron chi connectivity index (χ3n) is 2.59. The number of hydrogen-bond donors (Lipinski definition) is 1. The molecule has 1 aromatic rings. The summed E-state index contributed by atoms with van der Waals surface area (Å²) in [5.74, 6) is 1.07. The number of rotatable bonds is 7. The summed E-state index contributed by atoms with van der Waals surface area (Å²) in [4.78, 5) is 13.3. The third-order valence-corrected chi connectivity index (χ3v) is 2.59. The molecule has 0 saturated heterocycles. The van der Waals surface area contributed by atoms with Crippen molar-refractivity contribution in [3.63, 3.8) is 0 Å².